The number of aliphatic hydroxyl groups excluding tert-OH is 2. The molecule has 0 bridgehead atoms. The molecule has 6 atom stereocenters. The van der Waals surface area contributed by atoms with Gasteiger partial charge < -0.3 is 14.9 Å². The molecule has 0 amide bonds. The third-order valence-corrected chi connectivity index (χ3v) is 5.66. The highest BCUT2D eigenvalue weighted by atomic mass is 35.5. The van der Waals surface area contributed by atoms with E-state index in [0.717, 1.165) is 38.5 Å². The minimum Gasteiger partial charge on any atom is -0.393 e. The molecule has 0 saturated heterocycles. The molecule has 0 fully saturated rings. The Balaban J connectivity index is 4.71. The molecule has 27 heavy (non-hydrogen) atoms. The molecule has 5 heteroatoms. The highest BCUT2D eigenvalue weighted by Gasteiger charge is 2.24. The van der Waals surface area contributed by atoms with Gasteiger partial charge in [-0.25, -0.2) is 0 Å². The minimum atomic E-state index is -0.432. The average Bonchev–Trinajstić information content (AvgIpc) is 2.53. The van der Waals surface area contributed by atoms with Crippen LogP contribution in [0.15, 0.2) is 0 Å². The van der Waals surface area contributed by atoms with Crippen molar-refractivity contribution < 1.29 is 14.9 Å². The predicted molar refractivity (Wildman–Crippen MR) is 118 cm³/mol. The number of unbranched alkanes of at least 4 members (excludes halogenated alkanes) is 4. The second-order valence-corrected chi connectivity index (χ2v) is 9.44. The highest BCUT2D eigenvalue weighted by Crippen LogP contribution is 2.25. The van der Waals surface area contributed by atoms with E-state index in [1.165, 1.54) is 25.7 Å². The van der Waals surface area contributed by atoms with E-state index in [1.54, 1.807) is 13.8 Å². The van der Waals surface area contributed by atoms with E-state index >= 15 is 0 Å². The summed E-state index contributed by atoms with van der Waals surface area (Å²) < 4.78 is 6.34. The summed E-state index contributed by atoms with van der Waals surface area (Å²) in [6.07, 6.45) is 10.5. The Hall–Kier alpha value is 0.460. The molecule has 0 aromatic heterocycles. The van der Waals surface area contributed by atoms with Crippen molar-refractivity contribution in [3.8, 4) is 0 Å². The van der Waals surface area contributed by atoms with Crippen LogP contribution in [0.3, 0.4) is 0 Å². The summed E-state index contributed by atoms with van der Waals surface area (Å²) in [7, 11) is 0. The summed E-state index contributed by atoms with van der Waals surface area (Å²) in [4.78, 5) is 0. The van der Waals surface area contributed by atoms with E-state index in [1.807, 2.05) is 0 Å². The number of aliphatic hydroxyl groups is 2. The monoisotopic (exact) mass is 426 g/mol. The van der Waals surface area contributed by atoms with Crippen molar-refractivity contribution in [1.82, 2.24) is 0 Å². The van der Waals surface area contributed by atoms with Gasteiger partial charge in [-0.2, -0.15) is 0 Å². The fourth-order valence-corrected chi connectivity index (χ4v) is 4.19. The lowest BCUT2D eigenvalue weighted by molar-refractivity contribution is -0.0574. The quantitative estimate of drug-likeness (QED) is 0.196. The summed E-state index contributed by atoms with van der Waals surface area (Å²) >= 11 is 13.1. The van der Waals surface area contributed by atoms with Gasteiger partial charge in [-0.1, -0.05) is 52.4 Å². The van der Waals surface area contributed by atoms with Gasteiger partial charge >= 0.3 is 0 Å². The van der Waals surface area contributed by atoms with Gasteiger partial charge in [0.2, 0.25) is 0 Å². The van der Waals surface area contributed by atoms with Crippen molar-refractivity contribution in [2.45, 2.75) is 140 Å². The second kappa shape index (κ2) is 17.3. The molecule has 0 aliphatic rings. The van der Waals surface area contributed by atoms with Crippen LogP contribution in [0.5, 0.6) is 0 Å². The third-order valence-electron chi connectivity index (χ3n) is 4.87. The van der Waals surface area contributed by atoms with Crippen molar-refractivity contribution >= 4 is 23.2 Å². The molecule has 0 radical (unpaired) electrons. The summed E-state index contributed by atoms with van der Waals surface area (Å²) in [5.41, 5.74) is 0. The van der Waals surface area contributed by atoms with Crippen LogP contribution in [-0.2, 0) is 4.74 Å². The van der Waals surface area contributed by atoms with Crippen LogP contribution < -0.4 is 0 Å². The van der Waals surface area contributed by atoms with Crippen molar-refractivity contribution in [2.24, 2.45) is 0 Å². The molecule has 0 rings (SSSR count). The molecule has 6 unspecified atom stereocenters. The van der Waals surface area contributed by atoms with E-state index in [-0.39, 0.29) is 23.0 Å². The van der Waals surface area contributed by atoms with Crippen LogP contribution in [0.25, 0.3) is 0 Å². The van der Waals surface area contributed by atoms with Crippen molar-refractivity contribution in [2.75, 3.05) is 0 Å². The smallest absolute Gasteiger partial charge is 0.0617 e. The summed E-state index contributed by atoms with van der Waals surface area (Å²) in [5.74, 6) is 0. The van der Waals surface area contributed by atoms with Crippen LogP contribution in [0, 0.1) is 0 Å². The maximum Gasteiger partial charge on any atom is 0.0617 e. The van der Waals surface area contributed by atoms with E-state index in [0.29, 0.717) is 12.8 Å². The molecular formula is C22H44Cl2O3. The summed E-state index contributed by atoms with van der Waals surface area (Å²) in [5, 5.41) is 19.9. The zero-order chi connectivity index (χ0) is 20.7. The zero-order valence-electron chi connectivity index (χ0n) is 18.0. The molecule has 3 nitrogen and oxygen atoms in total. The van der Waals surface area contributed by atoms with Crippen LogP contribution in [0.1, 0.15) is 105 Å². The van der Waals surface area contributed by atoms with Crippen LogP contribution in [0.2, 0.25) is 0 Å². The number of rotatable bonds is 18. The molecule has 0 spiro atoms. The van der Waals surface area contributed by atoms with Gasteiger partial charge in [-0.05, 0) is 52.4 Å². The lowest BCUT2D eigenvalue weighted by Crippen LogP contribution is -2.31. The van der Waals surface area contributed by atoms with Crippen molar-refractivity contribution in [3.63, 3.8) is 0 Å². The Labute approximate surface area is 178 Å². The first-order chi connectivity index (χ1) is 12.8. The van der Waals surface area contributed by atoms with Crippen molar-refractivity contribution in [3.05, 3.63) is 0 Å². The van der Waals surface area contributed by atoms with Gasteiger partial charge in [0.05, 0.1) is 24.4 Å². The van der Waals surface area contributed by atoms with Gasteiger partial charge in [0.1, 0.15) is 0 Å². The maximum atomic E-state index is 9.87. The van der Waals surface area contributed by atoms with Gasteiger partial charge in [-0.15, -0.1) is 23.2 Å². The Kier molecular flexibility index (Phi) is 17.6. The Bertz CT molecular complexity index is 297. The predicted octanol–water partition coefficient (Wildman–Crippen LogP) is 6.44. The first kappa shape index (κ1) is 27.5. The van der Waals surface area contributed by atoms with Gasteiger partial charge in [-0.3, -0.25) is 0 Å². The summed E-state index contributed by atoms with van der Waals surface area (Å²) in [6.45, 7) is 7.95. The minimum absolute atomic E-state index is 0.0591. The first-order valence-electron chi connectivity index (χ1n) is 11.1. The SMILES string of the molecule is CCCCCC(Cl)CC(CC(C)O)OC(CC(C)O)CC(Cl)CCCCC. The lowest BCUT2D eigenvalue weighted by Gasteiger charge is -2.29. The number of hydrogen-bond acceptors (Lipinski definition) is 3. The average molecular weight is 427 g/mol. The second-order valence-electron chi connectivity index (χ2n) is 8.21. The molecule has 2 N–H and O–H groups in total. The number of halogens is 2. The molecule has 0 saturated carbocycles. The van der Waals surface area contributed by atoms with Gasteiger partial charge in [0.15, 0.2) is 0 Å². The van der Waals surface area contributed by atoms with Crippen LogP contribution >= 0.6 is 23.2 Å². The van der Waals surface area contributed by atoms with E-state index in [4.69, 9.17) is 27.9 Å². The largest absolute Gasteiger partial charge is 0.393 e. The molecule has 0 heterocycles. The standard InChI is InChI=1S/C22H44Cl2O3/c1-5-7-9-11-19(23)15-21(13-17(3)25)27-22(14-18(4)26)16-20(24)12-10-8-6-2/h17-22,25-26H,5-16H2,1-4H3. The van der Waals surface area contributed by atoms with Crippen LogP contribution in [0.4, 0.5) is 0 Å². The first-order valence-corrected chi connectivity index (χ1v) is 11.9. The molecule has 0 aliphatic carbocycles. The third kappa shape index (κ3) is 17.1. The van der Waals surface area contributed by atoms with Crippen molar-refractivity contribution in [1.29, 1.82) is 0 Å². The molecular weight excluding hydrogens is 383 g/mol. The zero-order valence-corrected chi connectivity index (χ0v) is 19.5. The molecule has 0 aromatic carbocycles. The normalized spacial score (nSPS) is 18.7. The fraction of sp³-hybridized carbons (Fsp3) is 1.00. The highest BCUT2D eigenvalue weighted by molar-refractivity contribution is 6.20. The maximum absolute atomic E-state index is 9.87. The van der Waals surface area contributed by atoms with Gasteiger partial charge in [0, 0.05) is 10.8 Å². The Morgan fingerprint density at radius 1 is 0.667 bits per heavy atom. The number of alkyl halides is 2. The van der Waals surface area contributed by atoms with Gasteiger partial charge in [0.25, 0.3) is 0 Å². The number of hydrogen-bond donors (Lipinski definition) is 2. The van der Waals surface area contributed by atoms with E-state index in [2.05, 4.69) is 13.8 Å². The Morgan fingerprint density at radius 3 is 1.33 bits per heavy atom. The fourth-order valence-electron chi connectivity index (χ4n) is 3.49. The summed E-state index contributed by atoms with van der Waals surface area (Å²) in [6, 6.07) is 0. The molecule has 0 aromatic rings. The molecule has 164 valence electrons. The van der Waals surface area contributed by atoms with E-state index < -0.39 is 12.2 Å². The lowest BCUT2D eigenvalue weighted by atomic mass is 10.0. The topological polar surface area (TPSA) is 49.7 Å². The number of ether oxygens (including phenoxy) is 1. The molecule has 0 aliphatic heterocycles. The Morgan fingerprint density at radius 2 is 1.04 bits per heavy atom. The van der Waals surface area contributed by atoms with E-state index in [9.17, 15) is 10.2 Å². The van der Waals surface area contributed by atoms with Crippen LogP contribution in [-0.4, -0.2) is 45.4 Å².